The van der Waals surface area contributed by atoms with E-state index in [0.717, 1.165) is 10.0 Å². The maximum atomic E-state index is 10.6. The van der Waals surface area contributed by atoms with E-state index in [-0.39, 0.29) is 5.75 Å². The van der Waals surface area contributed by atoms with Crippen LogP contribution in [-0.2, 0) is 10.1 Å². The van der Waals surface area contributed by atoms with E-state index in [2.05, 4.69) is 5.10 Å². The zero-order valence-corrected chi connectivity index (χ0v) is 13.6. The summed E-state index contributed by atoms with van der Waals surface area (Å²) in [6, 6.07) is 9.58. The number of hydrogen-bond donors (Lipinski definition) is 1. The summed E-state index contributed by atoms with van der Waals surface area (Å²) >= 11 is 8.08. The highest BCUT2D eigenvalue weighted by Gasteiger charge is 2.08. The Morgan fingerprint density at radius 2 is 2.05 bits per heavy atom. The maximum Gasteiger partial charge on any atom is 0.264 e. The Morgan fingerprint density at radius 3 is 2.70 bits per heavy atom. The van der Waals surface area contributed by atoms with E-state index in [1.807, 2.05) is 30.3 Å². The number of para-hydroxylation sites is 1. The molecule has 5 nitrogen and oxygen atoms in total. The molecule has 1 aromatic heterocycles. The number of aromatic nitrogens is 2. The summed E-state index contributed by atoms with van der Waals surface area (Å²) in [4.78, 5) is 0. The van der Waals surface area contributed by atoms with Gasteiger partial charge >= 0.3 is 0 Å². The van der Waals surface area contributed by atoms with Crippen LogP contribution in [0, 0.1) is 3.95 Å². The fourth-order valence-electron chi connectivity index (χ4n) is 1.45. The minimum Gasteiger partial charge on any atom is -0.286 e. The summed E-state index contributed by atoms with van der Waals surface area (Å²) in [6.07, 6.45) is 0.376. The van der Waals surface area contributed by atoms with E-state index in [0.29, 0.717) is 16.1 Å². The van der Waals surface area contributed by atoms with Crippen LogP contribution in [0.4, 0.5) is 0 Å². The molecular formula is C11H12N2O3S4. The summed E-state index contributed by atoms with van der Waals surface area (Å²) in [5.41, 5.74) is 0.901. The van der Waals surface area contributed by atoms with Gasteiger partial charge in [-0.15, -0.1) is 5.10 Å². The van der Waals surface area contributed by atoms with Crippen LogP contribution in [0.3, 0.4) is 0 Å². The van der Waals surface area contributed by atoms with Crippen LogP contribution >= 0.6 is 35.3 Å². The van der Waals surface area contributed by atoms with E-state index in [1.165, 1.54) is 23.1 Å². The van der Waals surface area contributed by atoms with Crippen LogP contribution < -0.4 is 0 Å². The average molecular weight is 348 g/mol. The monoisotopic (exact) mass is 348 g/mol. The van der Waals surface area contributed by atoms with Crippen molar-refractivity contribution in [2.45, 2.75) is 10.8 Å². The largest absolute Gasteiger partial charge is 0.286 e. The minimum absolute atomic E-state index is 0.231. The maximum absolute atomic E-state index is 10.6. The second kappa shape index (κ2) is 6.81. The van der Waals surface area contributed by atoms with E-state index >= 15 is 0 Å². The summed E-state index contributed by atoms with van der Waals surface area (Å²) in [6.45, 7) is 0. The Labute approximate surface area is 130 Å². The molecule has 0 aliphatic heterocycles. The quantitative estimate of drug-likeness (QED) is 0.374. The van der Waals surface area contributed by atoms with Crippen molar-refractivity contribution in [1.82, 2.24) is 9.78 Å². The van der Waals surface area contributed by atoms with Crippen molar-refractivity contribution in [2.24, 2.45) is 0 Å². The topological polar surface area (TPSA) is 72.2 Å². The molecule has 0 radical (unpaired) electrons. The van der Waals surface area contributed by atoms with Gasteiger partial charge in [-0.2, -0.15) is 8.42 Å². The van der Waals surface area contributed by atoms with Gasteiger partial charge in [-0.05, 0) is 30.8 Å². The lowest BCUT2D eigenvalue weighted by molar-refractivity contribution is 0.482. The molecule has 1 aromatic carbocycles. The van der Waals surface area contributed by atoms with Crippen molar-refractivity contribution in [3.05, 3.63) is 34.3 Å². The third kappa shape index (κ3) is 4.67. The standard InChI is InChI=1S/C11H12N2O3S4/c14-20(15,16)8-4-7-18-10-12-13(11(17)19-10)9-5-2-1-3-6-9/h1-3,5-6H,4,7-8H2,(H,14,15,16). The smallest absolute Gasteiger partial charge is 0.264 e. The van der Waals surface area contributed by atoms with Crippen LogP contribution in [0.25, 0.3) is 5.69 Å². The molecule has 0 unspecified atom stereocenters. The first-order chi connectivity index (χ1) is 9.46. The number of hydrogen-bond acceptors (Lipinski definition) is 6. The number of nitrogens with zero attached hydrogens (tertiary/aromatic N) is 2. The lowest BCUT2D eigenvalue weighted by Gasteiger charge is -1.99. The molecule has 0 saturated heterocycles. The molecule has 0 aliphatic carbocycles. The van der Waals surface area contributed by atoms with Crippen LogP contribution in [0.1, 0.15) is 6.42 Å². The van der Waals surface area contributed by atoms with Gasteiger partial charge in [-0.25, -0.2) is 4.68 Å². The van der Waals surface area contributed by atoms with Gasteiger partial charge in [-0.3, -0.25) is 4.55 Å². The molecule has 0 bridgehead atoms. The molecule has 0 fully saturated rings. The second-order valence-corrected chi connectivity index (χ2v) is 8.41. The Balaban J connectivity index is 2.00. The minimum atomic E-state index is -3.88. The molecule has 108 valence electrons. The predicted molar refractivity (Wildman–Crippen MR) is 84.0 cm³/mol. The second-order valence-electron chi connectivity index (χ2n) is 3.87. The van der Waals surface area contributed by atoms with Crippen molar-refractivity contribution in [3.8, 4) is 5.69 Å². The van der Waals surface area contributed by atoms with Gasteiger partial charge in [0.2, 0.25) is 0 Å². The number of rotatable bonds is 6. The highest BCUT2D eigenvalue weighted by atomic mass is 32.2. The first-order valence-corrected chi connectivity index (χ1v) is 9.51. The molecular weight excluding hydrogens is 336 g/mol. The third-order valence-corrected chi connectivity index (χ3v) is 5.56. The molecule has 20 heavy (non-hydrogen) atoms. The third-order valence-electron chi connectivity index (χ3n) is 2.30. The average Bonchev–Trinajstić information content (AvgIpc) is 2.76. The van der Waals surface area contributed by atoms with Gasteiger partial charge in [0.15, 0.2) is 8.29 Å². The molecule has 0 saturated carbocycles. The highest BCUT2D eigenvalue weighted by molar-refractivity contribution is 8.01. The zero-order chi connectivity index (χ0) is 14.6. The molecule has 0 atom stereocenters. The first kappa shape index (κ1) is 15.6. The Kier molecular flexibility index (Phi) is 5.33. The molecule has 0 amide bonds. The van der Waals surface area contributed by atoms with Gasteiger partial charge in [0, 0.05) is 5.75 Å². The summed E-state index contributed by atoms with van der Waals surface area (Å²) in [5.74, 6) is 0.335. The molecule has 0 spiro atoms. The number of benzene rings is 1. The van der Waals surface area contributed by atoms with E-state index < -0.39 is 10.1 Å². The van der Waals surface area contributed by atoms with E-state index in [9.17, 15) is 8.42 Å². The van der Waals surface area contributed by atoms with E-state index in [4.69, 9.17) is 16.8 Å². The Bertz CT molecular complexity index is 722. The van der Waals surface area contributed by atoms with Crippen LogP contribution in [0.2, 0.25) is 0 Å². The SMILES string of the molecule is O=S(=O)(O)CCCSc1nn(-c2ccccc2)c(=S)s1. The summed E-state index contributed by atoms with van der Waals surface area (Å²) in [5, 5.41) is 4.40. The van der Waals surface area contributed by atoms with Crippen molar-refractivity contribution in [2.75, 3.05) is 11.5 Å². The Morgan fingerprint density at radius 1 is 1.35 bits per heavy atom. The van der Waals surface area contributed by atoms with E-state index in [1.54, 1.807) is 4.68 Å². The lowest BCUT2D eigenvalue weighted by Crippen LogP contribution is -2.04. The predicted octanol–water partition coefficient (Wildman–Crippen LogP) is 3.03. The molecule has 1 N–H and O–H groups in total. The zero-order valence-electron chi connectivity index (χ0n) is 10.3. The van der Waals surface area contributed by atoms with Gasteiger partial charge in [0.05, 0.1) is 11.4 Å². The van der Waals surface area contributed by atoms with Crippen LogP contribution in [0.5, 0.6) is 0 Å². The van der Waals surface area contributed by atoms with Crippen LogP contribution in [-0.4, -0.2) is 34.3 Å². The van der Waals surface area contributed by atoms with Crippen molar-refractivity contribution >= 4 is 45.4 Å². The van der Waals surface area contributed by atoms with Crippen molar-refractivity contribution in [1.29, 1.82) is 0 Å². The summed E-state index contributed by atoms with van der Waals surface area (Å²) < 4.78 is 33.0. The van der Waals surface area contributed by atoms with Crippen LogP contribution in [0.15, 0.2) is 34.7 Å². The van der Waals surface area contributed by atoms with Gasteiger partial charge < -0.3 is 0 Å². The fraction of sp³-hybridized carbons (Fsp3) is 0.273. The van der Waals surface area contributed by atoms with Gasteiger partial charge in [0.25, 0.3) is 10.1 Å². The summed E-state index contributed by atoms with van der Waals surface area (Å²) in [7, 11) is -3.88. The molecule has 2 aromatic rings. The normalized spacial score (nSPS) is 11.7. The molecule has 1 heterocycles. The molecule has 0 aliphatic rings. The van der Waals surface area contributed by atoms with Crippen molar-refractivity contribution in [3.63, 3.8) is 0 Å². The molecule has 2 rings (SSSR count). The fourth-order valence-corrected chi connectivity index (χ4v) is 4.52. The Hall–Kier alpha value is -0.740. The number of thioether (sulfide) groups is 1. The first-order valence-electron chi connectivity index (χ1n) is 5.69. The van der Waals surface area contributed by atoms with Gasteiger partial charge in [-0.1, -0.05) is 41.3 Å². The molecule has 9 heteroatoms. The lowest BCUT2D eigenvalue weighted by atomic mass is 10.3. The highest BCUT2D eigenvalue weighted by Crippen LogP contribution is 2.24. The van der Waals surface area contributed by atoms with Crippen molar-refractivity contribution < 1.29 is 13.0 Å². The van der Waals surface area contributed by atoms with Gasteiger partial charge in [0.1, 0.15) is 0 Å².